The number of benzene rings is 2. The second-order valence-electron chi connectivity index (χ2n) is 6.20. The maximum absolute atomic E-state index is 12.8. The molecule has 0 amide bonds. The molecule has 2 N–H and O–H groups in total. The largest absolute Gasteiger partial charge is 0.497 e. The first-order valence-electron chi connectivity index (χ1n) is 8.72. The quantitative estimate of drug-likeness (QED) is 0.528. The third-order valence-corrected chi connectivity index (χ3v) is 4.40. The van der Waals surface area contributed by atoms with Crippen molar-refractivity contribution in [3.05, 3.63) is 65.2 Å². The summed E-state index contributed by atoms with van der Waals surface area (Å²) in [6.07, 6.45) is -4.13. The van der Waals surface area contributed by atoms with Crippen LogP contribution in [0.1, 0.15) is 28.4 Å². The van der Waals surface area contributed by atoms with Crippen LogP contribution in [0.25, 0.3) is 11.3 Å². The first-order valence-corrected chi connectivity index (χ1v) is 8.72. The number of carboxylic acids is 1. The Labute approximate surface area is 164 Å². The Morgan fingerprint density at radius 1 is 1.10 bits per heavy atom. The van der Waals surface area contributed by atoms with Crippen molar-refractivity contribution in [3.63, 3.8) is 0 Å². The Morgan fingerprint density at radius 3 is 2.21 bits per heavy atom. The third kappa shape index (κ3) is 4.21. The number of furan rings is 1. The van der Waals surface area contributed by atoms with Crippen LogP contribution in [0.15, 0.2) is 52.9 Å². The van der Waals surface area contributed by atoms with Gasteiger partial charge in [-0.05, 0) is 42.8 Å². The SMILES string of the molecule is CCc1c(Nc2ccc(OC)cc2)oc(-c2ccc(C(F)(F)F)cc2)c1C(=O)O. The number of halogens is 3. The molecule has 152 valence electrons. The molecule has 8 heteroatoms. The minimum Gasteiger partial charge on any atom is -0.497 e. The zero-order chi connectivity index (χ0) is 21.2. The van der Waals surface area contributed by atoms with Gasteiger partial charge in [0.15, 0.2) is 5.76 Å². The molecule has 0 unspecified atom stereocenters. The molecule has 1 heterocycles. The fraction of sp³-hybridized carbons (Fsp3) is 0.190. The zero-order valence-electron chi connectivity index (χ0n) is 15.6. The lowest BCUT2D eigenvalue weighted by atomic mass is 10.0. The second-order valence-corrected chi connectivity index (χ2v) is 6.20. The van der Waals surface area contributed by atoms with E-state index in [0.29, 0.717) is 23.4 Å². The van der Waals surface area contributed by atoms with Gasteiger partial charge >= 0.3 is 12.1 Å². The molecule has 0 aliphatic carbocycles. The highest BCUT2D eigenvalue weighted by atomic mass is 19.4. The smallest absolute Gasteiger partial charge is 0.416 e. The molecule has 29 heavy (non-hydrogen) atoms. The molecule has 0 bridgehead atoms. The first-order chi connectivity index (χ1) is 13.7. The van der Waals surface area contributed by atoms with Crippen LogP contribution in [0.2, 0.25) is 0 Å². The molecule has 3 aromatic rings. The molecule has 0 aliphatic rings. The zero-order valence-corrected chi connectivity index (χ0v) is 15.6. The van der Waals surface area contributed by atoms with Crippen LogP contribution < -0.4 is 10.1 Å². The van der Waals surface area contributed by atoms with Crippen molar-refractivity contribution in [2.45, 2.75) is 19.5 Å². The van der Waals surface area contributed by atoms with Crippen LogP contribution in [0.4, 0.5) is 24.7 Å². The van der Waals surface area contributed by atoms with E-state index in [4.69, 9.17) is 9.15 Å². The lowest BCUT2D eigenvalue weighted by molar-refractivity contribution is -0.137. The fourth-order valence-electron chi connectivity index (χ4n) is 2.95. The Bertz CT molecular complexity index is 1010. The van der Waals surface area contributed by atoms with E-state index in [1.165, 1.54) is 12.1 Å². The van der Waals surface area contributed by atoms with Gasteiger partial charge in [-0.1, -0.05) is 19.1 Å². The van der Waals surface area contributed by atoms with Crippen molar-refractivity contribution in [1.82, 2.24) is 0 Å². The van der Waals surface area contributed by atoms with Gasteiger partial charge in [-0.15, -0.1) is 0 Å². The fourth-order valence-corrected chi connectivity index (χ4v) is 2.95. The van der Waals surface area contributed by atoms with Gasteiger partial charge in [0.05, 0.1) is 12.7 Å². The molecule has 0 saturated heterocycles. The Morgan fingerprint density at radius 2 is 1.72 bits per heavy atom. The predicted octanol–water partition coefficient (Wildman–Crippen LogP) is 5.98. The number of hydrogen-bond donors (Lipinski definition) is 2. The number of methoxy groups -OCH3 is 1. The van der Waals surface area contributed by atoms with Gasteiger partial charge in [-0.3, -0.25) is 0 Å². The lowest BCUT2D eigenvalue weighted by Crippen LogP contribution is -2.04. The molecule has 3 rings (SSSR count). The minimum absolute atomic E-state index is 0.000846. The van der Waals surface area contributed by atoms with Crippen molar-refractivity contribution >= 4 is 17.5 Å². The molecule has 0 fully saturated rings. The van der Waals surface area contributed by atoms with E-state index in [0.717, 1.165) is 12.1 Å². The number of nitrogens with one attached hydrogen (secondary N) is 1. The van der Waals surface area contributed by atoms with Gasteiger partial charge in [0, 0.05) is 16.8 Å². The van der Waals surface area contributed by atoms with E-state index < -0.39 is 17.7 Å². The summed E-state index contributed by atoms with van der Waals surface area (Å²) in [5.74, 6) is -0.338. The van der Waals surface area contributed by atoms with Crippen molar-refractivity contribution in [1.29, 1.82) is 0 Å². The van der Waals surface area contributed by atoms with E-state index in [2.05, 4.69) is 5.32 Å². The third-order valence-electron chi connectivity index (χ3n) is 4.40. The molecule has 0 radical (unpaired) electrons. The van der Waals surface area contributed by atoms with Gasteiger partial charge < -0.3 is 19.6 Å². The second kappa shape index (κ2) is 7.90. The van der Waals surface area contributed by atoms with E-state index in [9.17, 15) is 23.1 Å². The number of rotatable bonds is 6. The van der Waals surface area contributed by atoms with Crippen LogP contribution in [-0.4, -0.2) is 18.2 Å². The van der Waals surface area contributed by atoms with Gasteiger partial charge in [0.25, 0.3) is 0 Å². The number of ether oxygens (including phenoxy) is 1. The molecule has 0 spiro atoms. The van der Waals surface area contributed by atoms with Gasteiger partial charge in [0.2, 0.25) is 5.88 Å². The Hall–Kier alpha value is -3.42. The number of carbonyl (C=O) groups is 1. The van der Waals surface area contributed by atoms with Gasteiger partial charge in [0.1, 0.15) is 11.3 Å². The number of alkyl halides is 3. The van der Waals surface area contributed by atoms with E-state index in [-0.39, 0.29) is 22.8 Å². The summed E-state index contributed by atoms with van der Waals surface area (Å²) >= 11 is 0. The number of aromatic carboxylic acids is 1. The molecule has 0 atom stereocenters. The molecule has 2 aromatic carbocycles. The number of carboxylic acid groups (broad SMARTS) is 1. The topological polar surface area (TPSA) is 71.7 Å². The van der Waals surface area contributed by atoms with E-state index >= 15 is 0 Å². The maximum Gasteiger partial charge on any atom is 0.416 e. The summed E-state index contributed by atoms with van der Waals surface area (Å²) in [4.78, 5) is 11.9. The summed E-state index contributed by atoms with van der Waals surface area (Å²) in [5, 5.41) is 12.7. The average Bonchev–Trinajstić information content (AvgIpc) is 3.06. The summed E-state index contributed by atoms with van der Waals surface area (Å²) in [7, 11) is 1.54. The minimum atomic E-state index is -4.48. The highest BCUT2D eigenvalue weighted by molar-refractivity contribution is 5.98. The average molecular weight is 405 g/mol. The predicted molar refractivity (Wildman–Crippen MR) is 102 cm³/mol. The van der Waals surface area contributed by atoms with E-state index in [1.54, 1.807) is 38.3 Å². The monoisotopic (exact) mass is 405 g/mol. The molecule has 0 aliphatic heterocycles. The molecular weight excluding hydrogens is 387 g/mol. The standard InChI is InChI=1S/C21H18F3NO4/c1-3-16-17(20(26)27)18(12-4-6-13(7-5-12)21(22,23)24)29-19(16)25-14-8-10-15(28-2)11-9-14/h4-11,25H,3H2,1-2H3,(H,26,27). The Balaban J connectivity index is 2.04. The van der Waals surface area contributed by atoms with Crippen LogP contribution in [0.5, 0.6) is 5.75 Å². The number of hydrogen-bond acceptors (Lipinski definition) is 4. The molecule has 0 saturated carbocycles. The van der Waals surface area contributed by atoms with Crippen LogP contribution in [-0.2, 0) is 12.6 Å². The van der Waals surface area contributed by atoms with Gasteiger partial charge in [-0.2, -0.15) is 13.2 Å². The summed E-state index contributed by atoms with van der Waals surface area (Å²) in [6.45, 7) is 1.77. The first kappa shape index (κ1) is 20.3. The van der Waals surface area contributed by atoms with Crippen LogP contribution in [0, 0.1) is 0 Å². The van der Waals surface area contributed by atoms with Crippen molar-refractivity contribution in [3.8, 4) is 17.1 Å². The molecular formula is C21H18F3NO4. The van der Waals surface area contributed by atoms with Crippen molar-refractivity contribution < 1.29 is 32.2 Å². The maximum atomic E-state index is 12.8. The summed E-state index contributed by atoms with van der Waals surface area (Å²) in [5.41, 5.74) is 0.404. The van der Waals surface area contributed by atoms with Crippen LogP contribution in [0.3, 0.4) is 0 Å². The lowest BCUT2D eigenvalue weighted by Gasteiger charge is -2.07. The van der Waals surface area contributed by atoms with Crippen molar-refractivity contribution in [2.75, 3.05) is 12.4 Å². The summed E-state index contributed by atoms with van der Waals surface area (Å²) in [6, 6.07) is 11.1. The normalized spacial score (nSPS) is 11.3. The summed E-state index contributed by atoms with van der Waals surface area (Å²) < 4.78 is 49.3. The molecule has 1 aromatic heterocycles. The molecule has 5 nitrogen and oxygen atoms in total. The highest BCUT2D eigenvalue weighted by Crippen LogP contribution is 2.38. The van der Waals surface area contributed by atoms with E-state index in [1.807, 2.05) is 0 Å². The number of anilines is 2. The highest BCUT2D eigenvalue weighted by Gasteiger charge is 2.31. The van der Waals surface area contributed by atoms with Crippen LogP contribution >= 0.6 is 0 Å². The van der Waals surface area contributed by atoms with Gasteiger partial charge in [-0.25, -0.2) is 4.79 Å². The van der Waals surface area contributed by atoms with Crippen molar-refractivity contribution in [2.24, 2.45) is 0 Å². The Kier molecular flexibility index (Phi) is 5.54.